The lowest BCUT2D eigenvalue weighted by Gasteiger charge is -2.19. The number of ether oxygens (including phenoxy) is 1. The Morgan fingerprint density at radius 1 is 1.13 bits per heavy atom. The molecule has 23 heavy (non-hydrogen) atoms. The zero-order chi connectivity index (χ0) is 16.2. The van der Waals surface area contributed by atoms with Crippen LogP contribution in [0.3, 0.4) is 0 Å². The monoisotopic (exact) mass is 318 g/mol. The highest BCUT2D eigenvalue weighted by Crippen LogP contribution is 2.22. The van der Waals surface area contributed by atoms with Gasteiger partial charge in [0.15, 0.2) is 0 Å². The van der Waals surface area contributed by atoms with Gasteiger partial charge in [0.25, 0.3) is 0 Å². The largest absolute Gasteiger partial charge is 0.372 e. The zero-order valence-electron chi connectivity index (χ0n) is 14.2. The number of anilines is 1. The molecule has 1 aromatic heterocycles. The third-order valence-corrected chi connectivity index (χ3v) is 4.71. The van der Waals surface area contributed by atoms with Crippen molar-refractivity contribution in [1.29, 1.82) is 0 Å². The lowest BCUT2D eigenvalue weighted by Crippen LogP contribution is -2.36. The van der Waals surface area contributed by atoms with Crippen molar-refractivity contribution < 1.29 is 9.53 Å². The normalized spacial score (nSPS) is 18.0. The first-order chi connectivity index (χ1) is 11.2. The number of hydrogen-bond acceptors (Lipinski definition) is 5. The van der Waals surface area contributed by atoms with Crippen molar-refractivity contribution in [2.45, 2.75) is 39.5 Å². The molecule has 0 aromatic carbocycles. The third kappa shape index (κ3) is 3.63. The first-order valence-electron chi connectivity index (χ1n) is 8.66. The summed E-state index contributed by atoms with van der Waals surface area (Å²) in [4.78, 5) is 25.9. The molecule has 0 atom stereocenters. The van der Waals surface area contributed by atoms with Crippen molar-refractivity contribution in [3.8, 4) is 0 Å². The van der Waals surface area contributed by atoms with Gasteiger partial charge in [0.05, 0.1) is 5.69 Å². The van der Waals surface area contributed by atoms with Gasteiger partial charge in [0.1, 0.15) is 6.61 Å². The summed E-state index contributed by atoms with van der Waals surface area (Å²) in [6.45, 7) is 8.28. The second-order valence-electron chi connectivity index (χ2n) is 6.25. The van der Waals surface area contributed by atoms with Crippen LogP contribution in [0.1, 0.15) is 36.7 Å². The fraction of sp³-hybridized carbons (Fsp3) is 0.706. The van der Waals surface area contributed by atoms with Crippen LogP contribution in [0.2, 0.25) is 0 Å². The molecule has 0 spiro atoms. The maximum absolute atomic E-state index is 12.2. The van der Waals surface area contributed by atoms with E-state index in [1.807, 2.05) is 11.8 Å². The van der Waals surface area contributed by atoms with Crippen LogP contribution in [0.25, 0.3) is 0 Å². The number of fused-ring (bicyclic) bond motifs is 1. The summed E-state index contributed by atoms with van der Waals surface area (Å²) in [6.07, 6.45) is 4.08. The highest BCUT2D eigenvalue weighted by atomic mass is 16.5. The predicted octanol–water partition coefficient (Wildman–Crippen LogP) is 1.35. The number of amides is 1. The van der Waals surface area contributed by atoms with Crippen LogP contribution in [-0.2, 0) is 22.4 Å². The van der Waals surface area contributed by atoms with E-state index < -0.39 is 0 Å². The van der Waals surface area contributed by atoms with Crippen molar-refractivity contribution >= 4 is 11.9 Å². The Kier molecular flexibility index (Phi) is 5.10. The molecule has 3 heterocycles. The van der Waals surface area contributed by atoms with Crippen LogP contribution < -0.4 is 4.90 Å². The number of carbonyl (C=O) groups excluding carboxylic acids is 1. The van der Waals surface area contributed by atoms with Gasteiger partial charge in [0, 0.05) is 44.9 Å². The zero-order valence-corrected chi connectivity index (χ0v) is 14.2. The van der Waals surface area contributed by atoms with Gasteiger partial charge in [-0.3, -0.25) is 4.79 Å². The van der Waals surface area contributed by atoms with E-state index in [-0.39, 0.29) is 12.5 Å². The van der Waals surface area contributed by atoms with Gasteiger partial charge in [-0.1, -0.05) is 0 Å². The number of rotatable bonds is 4. The summed E-state index contributed by atoms with van der Waals surface area (Å²) >= 11 is 0. The molecule has 126 valence electrons. The van der Waals surface area contributed by atoms with Crippen LogP contribution in [0.15, 0.2) is 0 Å². The lowest BCUT2D eigenvalue weighted by atomic mass is 10.1. The Hall–Kier alpha value is -1.69. The van der Waals surface area contributed by atoms with Crippen LogP contribution >= 0.6 is 0 Å². The SMILES string of the molecule is CCOCC(=O)N1CCc2nc(N3CCCC3)nc(C)c2CC1. The summed E-state index contributed by atoms with van der Waals surface area (Å²) in [6, 6.07) is 0. The fourth-order valence-electron chi connectivity index (χ4n) is 3.36. The topological polar surface area (TPSA) is 58.6 Å². The molecule has 1 amide bonds. The molecule has 0 radical (unpaired) electrons. The maximum atomic E-state index is 12.2. The lowest BCUT2D eigenvalue weighted by molar-refractivity contribution is -0.135. The molecule has 3 rings (SSSR count). The summed E-state index contributed by atoms with van der Waals surface area (Å²) in [7, 11) is 0. The molecule has 1 fully saturated rings. The highest BCUT2D eigenvalue weighted by molar-refractivity contribution is 5.77. The van der Waals surface area contributed by atoms with Gasteiger partial charge in [-0.15, -0.1) is 0 Å². The molecule has 1 saturated heterocycles. The Morgan fingerprint density at radius 2 is 1.87 bits per heavy atom. The molecule has 0 unspecified atom stereocenters. The van der Waals surface area contributed by atoms with E-state index in [0.29, 0.717) is 6.61 Å². The molecule has 0 saturated carbocycles. The van der Waals surface area contributed by atoms with Crippen molar-refractivity contribution in [2.75, 3.05) is 44.3 Å². The summed E-state index contributed by atoms with van der Waals surface area (Å²) in [5.41, 5.74) is 3.40. The van der Waals surface area contributed by atoms with Gasteiger partial charge < -0.3 is 14.5 Å². The first-order valence-corrected chi connectivity index (χ1v) is 8.66. The van der Waals surface area contributed by atoms with Crippen molar-refractivity contribution in [3.05, 3.63) is 17.0 Å². The van der Waals surface area contributed by atoms with E-state index in [4.69, 9.17) is 14.7 Å². The predicted molar refractivity (Wildman–Crippen MR) is 88.7 cm³/mol. The Bertz CT molecular complexity index is 570. The van der Waals surface area contributed by atoms with Gasteiger partial charge in [0.2, 0.25) is 11.9 Å². The summed E-state index contributed by atoms with van der Waals surface area (Å²) in [5, 5.41) is 0. The van der Waals surface area contributed by atoms with Gasteiger partial charge >= 0.3 is 0 Å². The number of aryl methyl sites for hydroxylation is 1. The third-order valence-electron chi connectivity index (χ3n) is 4.71. The second kappa shape index (κ2) is 7.25. The molecule has 2 aliphatic rings. The number of carbonyl (C=O) groups is 1. The van der Waals surface area contributed by atoms with Crippen LogP contribution in [0, 0.1) is 6.92 Å². The standard InChI is InChI=1S/C17H26N4O2/c1-3-23-12-16(22)20-10-6-14-13(2)18-17(19-15(14)7-11-20)21-8-4-5-9-21/h3-12H2,1-2H3. The Morgan fingerprint density at radius 3 is 2.61 bits per heavy atom. The molecule has 6 heteroatoms. The molecule has 0 aliphatic carbocycles. The fourth-order valence-corrected chi connectivity index (χ4v) is 3.36. The average molecular weight is 318 g/mol. The number of hydrogen-bond donors (Lipinski definition) is 0. The average Bonchev–Trinajstić information content (AvgIpc) is 2.99. The molecule has 0 bridgehead atoms. The maximum Gasteiger partial charge on any atom is 0.248 e. The number of aromatic nitrogens is 2. The molecule has 0 N–H and O–H groups in total. The quantitative estimate of drug-likeness (QED) is 0.839. The van der Waals surface area contributed by atoms with Crippen molar-refractivity contribution in [1.82, 2.24) is 14.9 Å². The van der Waals surface area contributed by atoms with Gasteiger partial charge in [-0.2, -0.15) is 0 Å². The minimum Gasteiger partial charge on any atom is -0.372 e. The van der Waals surface area contributed by atoms with Crippen molar-refractivity contribution in [3.63, 3.8) is 0 Å². The van der Waals surface area contributed by atoms with E-state index >= 15 is 0 Å². The Labute approximate surface area is 137 Å². The van der Waals surface area contributed by atoms with Crippen LogP contribution in [0.5, 0.6) is 0 Å². The minimum absolute atomic E-state index is 0.0741. The van der Waals surface area contributed by atoms with E-state index in [1.54, 1.807) is 0 Å². The van der Waals surface area contributed by atoms with E-state index in [2.05, 4.69) is 11.8 Å². The van der Waals surface area contributed by atoms with Gasteiger partial charge in [-0.05, 0) is 38.7 Å². The molecular weight excluding hydrogens is 292 g/mol. The second-order valence-corrected chi connectivity index (χ2v) is 6.25. The first kappa shape index (κ1) is 16.2. The molecule has 2 aliphatic heterocycles. The smallest absolute Gasteiger partial charge is 0.248 e. The van der Waals surface area contributed by atoms with Crippen LogP contribution in [0.4, 0.5) is 5.95 Å². The van der Waals surface area contributed by atoms with Crippen molar-refractivity contribution in [2.24, 2.45) is 0 Å². The summed E-state index contributed by atoms with van der Waals surface area (Å²) < 4.78 is 5.25. The number of nitrogens with zero attached hydrogens (tertiary/aromatic N) is 4. The van der Waals surface area contributed by atoms with E-state index in [0.717, 1.165) is 56.4 Å². The van der Waals surface area contributed by atoms with E-state index in [1.165, 1.54) is 18.4 Å². The van der Waals surface area contributed by atoms with E-state index in [9.17, 15) is 4.79 Å². The Balaban J connectivity index is 1.74. The van der Waals surface area contributed by atoms with Gasteiger partial charge in [-0.25, -0.2) is 9.97 Å². The molecular formula is C17H26N4O2. The highest BCUT2D eigenvalue weighted by Gasteiger charge is 2.23. The minimum atomic E-state index is 0.0741. The summed E-state index contributed by atoms with van der Waals surface area (Å²) in [5.74, 6) is 0.942. The molecule has 1 aromatic rings. The van der Waals surface area contributed by atoms with Crippen LogP contribution in [-0.4, -0.2) is 60.2 Å². The molecule has 6 nitrogen and oxygen atoms in total.